The SMILES string of the molecule is Cc1cccc(NC(=O)[C@@H](c2ccccc2Cl)N2CCOCC2)c1. The molecule has 0 aliphatic carbocycles. The number of morpholine rings is 1. The zero-order valence-electron chi connectivity index (χ0n) is 13.7. The van der Waals surface area contributed by atoms with E-state index in [1.165, 1.54) is 0 Å². The van der Waals surface area contributed by atoms with Gasteiger partial charge in [0.05, 0.1) is 13.2 Å². The Morgan fingerprint density at radius 2 is 1.92 bits per heavy atom. The molecule has 2 aromatic carbocycles. The summed E-state index contributed by atoms with van der Waals surface area (Å²) in [5.41, 5.74) is 2.73. The fraction of sp³-hybridized carbons (Fsp3) is 0.316. The summed E-state index contributed by atoms with van der Waals surface area (Å²) in [5.74, 6) is -0.0735. The van der Waals surface area contributed by atoms with Gasteiger partial charge in [0.15, 0.2) is 0 Å². The molecule has 0 unspecified atom stereocenters. The molecule has 0 saturated carbocycles. The average molecular weight is 345 g/mol. The van der Waals surface area contributed by atoms with Gasteiger partial charge in [-0.25, -0.2) is 0 Å². The molecule has 1 saturated heterocycles. The van der Waals surface area contributed by atoms with Crippen LogP contribution in [0.5, 0.6) is 0 Å². The summed E-state index contributed by atoms with van der Waals surface area (Å²) in [6, 6.07) is 14.9. The maximum Gasteiger partial charge on any atom is 0.246 e. The highest BCUT2D eigenvalue weighted by molar-refractivity contribution is 6.31. The number of carbonyl (C=O) groups excluding carboxylic acids is 1. The van der Waals surface area contributed by atoms with Crippen LogP contribution >= 0.6 is 11.6 Å². The number of aryl methyl sites for hydroxylation is 1. The molecule has 24 heavy (non-hydrogen) atoms. The third-order valence-electron chi connectivity index (χ3n) is 4.14. The topological polar surface area (TPSA) is 41.6 Å². The van der Waals surface area contributed by atoms with Crippen molar-refractivity contribution in [2.75, 3.05) is 31.6 Å². The zero-order chi connectivity index (χ0) is 16.9. The maximum absolute atomic E-state index is 13.0. The summed E-state index contributed by atoms with van der Waals surface area (Å²) >= 11 is 6.37. The fourth-order valence-electron chi connectivity index (χ4n) is 2.97. The van der Waals surface area contributed by atoms with Crippen LogP contribution in [0.1, 0.15) is 17.2 Å². The average Bonchev–Trinajstić information content (AvgIpc) is 2.58. The van der Waals surface area contributed by atoms with E-state index in [1.54, 1.807) is 0 Å². The van der Waals surface area contributed by atoms with Crippen LogP contribution in [0.25, 0.3) is 0 Å². The predicted octanol–water partition coefficient (Wildman–Crippen LogP) is 3.66. The number of amides is 1. The summed E-state index contributed by atoms with van der Waals surface area (Å²) in [4.78, 5) is 15.1. The molecular formula is C19H21ClN2O2. The number of rotatable bonds is 4. The number of halogens is 1. The van der Waals surface area contributed by atoms with Crippen molar-refractivity contribution >= 4 is 23.2 Å². The Kier molecular flexibility index (Phi) is 5.51. The van der Waals surface area contributed by atoms with E-state index in [4.69, 9.17) is 16.3 Å². The fourth-order valence-corrected chi connectivity index (χ4v) is 3.21. The first kappa shape index (κ1) is 17.0. The minimum Gasteiger partial charge on any atom is -0.379 e. The number of ether oxygens (including phenoxy) is 1. The second-order valence-electron chi connectivity index (χ2n) is 5.93. The van der Waals surface area contributed by atoms with Crippen molar-refractivity contribution in [1.29, 1.82) is 0 Å². The highest BCUT2D eigenvalue weighted by atomic mass is 35.5. The third kappa shape index (κ3) is 3.96. The molecule has 1 fully saturated rings. The minimum atomic E-state index is -0.428. The van der Waals surface area contributed by atoms with Gasteiger partial charge in [-0.05, 0) is 36.2 Å². The number of hydrogen-bond donors (Lipinski definition) is 1. The van der Waals surface area contributed by atoms with E-state index >= 15 is 0 Å². The minimum absolute atomic E-state index is 0.0735. The van der Waals surface area contributed by atoms with Crippen molar-refractivity contribution in [2.24, 2.45) is 0 Å². The number of hydrogen-bond acceptors (Lipinski definition) is 3. The molecule has 0 bridgehead atoms. The lowest BCUT2D eigenvalue weighted by atomic mass is 10.0. The second kappa shape index (κ2) is 7.79. The molecule has 5 heteroatoms. The Morgan fingerprint density at radius 3 is 2.62 bits per heavy atom. The van der Waals surface area contributed by atoms with Crippen LogP contribution in [0, 0.1) is 6.92 Å². The van der Waals surface area contributed by atoms with Gasteiger partial charge in [-0.15, -0.1) is 0 Å². The highest BCUT2D eigenvalue weighted by Crippen LogP contribution is 2.29. The lowest BCUT2D eigenvalue weighted by Gasteiger charge is -2.34. The van der Waals surface area contributed by atoms with Crippen molar-refractivity contribution < 1.29 is 9.53 Å². The number of nitrogens with one attached hydrogen (secondary N) is 1. The molecule has 3 rings (SSSR count). The number of anilines is 1. The van der Waals surface area contributed by atoms with Gasteiger partial charge in [0.25, 0.3) is 0 Å². The van der Waals surface area contributed by atoms with Crippen molar-refractivity contribution in [3.8, 4) is 0 Å². The monoisotopic (exact) mass is 344 g/mol. The lowest BCUT2D eigenvalue weighted by molar-refractivity contribution is -0.123. The Hall–Kier alpha value is -1.88. The molecule has 1 N–H and O–H groups in total. The predicted molar refractivity (Wildman–Crippen MR) is 96.4 cm³/mol. The van der Waals surface area contributed by atoms with Crippen LogP contribution in [-0.2, 0) is 9.53 Å². The molecule has 126 valence electrons. The van der Waals surface area contributed by atoms with Gasteiger partial charge in [-0.1, -0.05) is 41.9 Å². The van der Waals surface area contributed by atoms with Crippen molar-refractivity contribution in [1.82, 2.24) is 4.90 Å². The summed E-state index contributed by atoms with van der Waals surface area (Å²) in [6.07, 6.45) is 0. The van der Waals surface area contributed by atoms with Crippen LogP contribution in [0.15, 0.2) is 48.5 Å². The van der Waals surface area contributed by atoms with E-state index in [0.717, 1.165) is 16.8 Å². The lowest BCUT2D eigenvalue weighted by Crippen LogP contribution is -2.44. The second-order valence-corrected chi connectivity index (χ2v) is 6.34. The summed E-state index contributed by atoms with van der Waals surface area (Å²) < 4.78 is 5.42. The van der Waals surface area contributed by atoms with Crippen molar-refractivity contribution in [3.63, 3.8) is 0 Å². The van der Waals surface area contributed by atoms with E-state index in [0.29, 0.717) is 31.3 Å². The summed E-state index contributed by atoms with van der Waals surface area (Å²) in [5, 5.41) is 3.63. The van der Waals surface area contributed by atoms with E-state index in [9.17, 15) is 4.79 Å². The molecule has 1 atom stereocenters. The molecule has 1 aliphatic rings. The van der Waals surface area contributed by atoms with Gasteiger partial charge in [0, 0.05) is 23.8 Å². The first-order valence-electron chi connectivity index (χ1n) is 8.09. The van der Waals surface area contributed by atoms with E-state index in [-0.39, 0.29) is 5.91 Å². The molecule has 4 nitrogen and oxygen atoms in total. The maximum atomic E-state index is 13.0. The number of nitrogens with zero attached hydrogens (tertiary/aromatic N) is 1. The third-order valence-corrected chi connectivity index (χ3v) is 4.49. The van der Waals surface area contributed by atoms with Gasteiger partial charge in [-0.3, -0.25) is 9.69 Å². The van der Waals surface area contributed by atoms with Crippen LogP contribution in [0.4, 0.5) is 5.69 Å². The quantitative estimate of drug-likeness (QED) is 0.920. The van der Waals surface area contributed by atoms with Crippen LogP contribution < -0.4 is 5.32 Å². The van der Waals surface area contributed by atoms with Crippen LogP contribution in [-0.4, -0.2) is 37.1 Å². The molecule has 2 aromatic rings. The van der Waals surface area contributed by atoms with Gasteiger partial charge in [0.1, 0.15) is 6.04 Å². The standard InChI is InChI=1S/C19H21ClN2O2/c1-14-5-4-6-15(13-14)21-19(23)18(22-9-11-24-12-10-22)16-7-2-3-8-17(16)20/h2-8,13,18H,9-12H2,1H3,(H,21,23)/t18-/m1/s1. The normalized spacial score (nSPS) is 16.6. The first-order chi connectivity index (χ1) is 11.6. The largest absolute Gasteiger partial charge is 0.379 e. The van der Waals surface area contributed by atoms with Crippen molar-refractivity contribution in [2.45, 2.75) is 13.0 Å². The highest BCUT2D eigenvalue weighted by Gasteiger charge is 2.30. The summed E-state index contributed by atoms with van der Waals surface area (Å²) in [7, 11) is 0. The smallest absolute Gasteiger partial charge is 0.246 e. The molecule has 0 spiro atoms. The van der Waals surface area contributed by atoms with E-state index < -0.39 is 6.04 Å². The van der Waals surface area contributed by atoms with Gasteiger partial charge < -0.3 is 10.1 Å². The molecule has 0 aromatic heterocycles. The Morgan fingerprint density at radius 1 is 1.17 bits per heavy atom. The Balaban J connectivity index is 1.88. The van der Waals surface area contributed by atoms with Crippen LogP contribution in [0.2, 0.25) is 5.02 Å². The molecule has 0 radical (unpaired) electrons. The molecular weight excluding hydrogens is 324 g/mol. The van der Waals surface area contributed by atoms with E-state index in [2.05, 4.69) is 10.2 Å². The van der Waals surface area contributed by atoms with E-state index in [1.807, 2.05) is 55.5 Å². The Bertz CT molecular complexity index is 714. The summed E-state index contributed by atoms with van der Waals surface area (Å²) in [6.45, 7) is 4.66. The molecule has 1 amide bonds. The number of carbonyl (C=O) groups is 1. The molecule has 1 heterocycles. The van der Waals surface area contributed by atoms with Crippen LogP contribution in [0.3, 0.4) is 0 Å². The van der Waals surface area contributed by atoms with Gasteiger partial charge in [-0.2, -0.15) is 0 Å². The van der Waals surface area contributed by atoms with Gasteiger partial charge in [0.2, 0.25) is 5.91 Å². The van der Waals surface area contributed by atoms with Gasteiger partial charge >= 0.3 is 0 Å². The molecule has 1 aliphatic heterocycles. The first-order valence-corrected chi connectivity index (χ1v) is 8.47. The zero-order valence-corrected chi connectivity index (χ0v) is 14.4. The number of benzene rings is 2. The van der Waals surface area contributed by atoms with Crippen molar-refractivity contribution in [3.05, 3.63) is 64.7 Å². The Labute approximate surface area is 147 Å².